The van der Waals surface area contributed by atoms with Crippen molar-refractivity contribution in [2.45, 2.75) is 62.0 Å². The highest BCUT2D eigenvalue weighted by molar-refractivity contribution is 7.93. The monoisotopic (exact) mass is 448 g/mol. The summed E-state index contributed by atoms with van der Waals surface area (Å²) in [5.41, 5.74) is 2.99. The first-order valence-corrected chi connectivity index (χ1v) is 13.5. The lowest BCUT2D eigenvalue weighted by Gasteiger charge is -2.31. The number of hydrogen-bond donors (Lipinski definition) is 1. The van der Waals surface area contributed by atoms with Crippen LogP contribution in [0, 0.1) is 6.92 Å². The van der Waals surface area contributed by atoms with Gasteiger partial charge in [0.25, 0.3) is 10.0 Å². The minimum Gasteiger partial charge on any atom is -0.283 e. The van der Waals surface area contributed by atoms with Gasteiger partial charge in [-0.25, -0.2) is 16.8 Å². The molecule has 2 aromatic rings. The molecule has 1 N–H and O–H groups in total. The Hall–Kier alpha value is -2.06. The van der Waals surface area contributed by atoms with Gasteiger partial charge in [-0.2, -0.15) is 0 Å². The first kappa shape index (κ1) is 21.2. The third-order valence-corrected chi connectivity index (χ3v) is 9.71. The zero-order valence-electron chi connectivity index (χ0n) is 17.2. The molecule has 1 aliphatic heterocycles. The summed E-state index contributed by atoms with van der Waals surface area (Å²) in [5, 5.41) is -0.347. The second-order valence-corrected chi connectivity index (χ2v) is 12.1. The molecule has 0 bridgehead atoms. The van der Waals surface area contributed by atoms with E-state index in [1.54, 1.807) is 42.5 Å². The Bertz CT molecular complexity index is 1120. The number of anilines is 2. The molecule has 0 unspecified atom stereocenters. The van der Waals surface area contributed by atoms with Gasteiger partial charge in [0.15, 0.2) is 0 Å². The van der Waals surface area contributed by atoms with Crippen LogP contribution >= 0.6 is 0 Å². The maximum atomic E-state index is 13.2. The first-order chi connectivity index (χ1) is 14.3. The van der Waals surface area contributed by atoms with Gasteiger partial charge >= 0.3 is 0 Å². The highest BCUT2D eigenvalue weighted by atomic mass is 32.2. The van der Waals surface area contributed by atoms with Gasteiger partial charge in [0.2, 0.25) is 10.0 Å². The summed E-state index contributed by atoms with van der Waals surface area (Å²) in [4.78, 5) is 0.267. The lowest BCUT2D eigenvalue weighted by Crippen LogP contribution is -2.35. The van der Waals surface area contributed by atoms with E-state index < -0.39 is 20.0 Å². The molecule has 0 spiro atoms. The fraction of sp³-hybridized carbons (Fsp3) is 0.455. The van der Waals surface area contributed by atoms with E-state index in [9.17, 15) is 16.8 Å². The number of sulfonamides is 2. The molecule has 0 atom stereocenters. The summed E-state index contributed by atoms with van der Waals surface area (Å²) in [6, 6.07) is 12.0. The number of benzene rings is 2. The van der Waals surface area contributed by atoms with Crippen molar-refractivity contribution in [1.82, 2.24) is 0 Å². The molecule has 1 saturated carbocycles. The van der Waals surface area contributed by atoms with Crippen molar-refractivity contribution in [2.75, 3.05) is 15.6 Å². The van der Waals surface area contributed by atoms with Gasteiger partial charge in [-0.15, -0.1) is 0 Å². The molecule has 1 fully saturated rings. The average molecular weight is 449 g/mol. The molecule has 6 nitrogen and oxygen atoms in total. The third-order valence-electron chi connectivity index (χ3n) is 6.02. The van der Waals surface area contributed by atoms with Crippen molar-refractivity contribution in [3.63, 3.8) is 0 Å². The van der Waals surface area contributed by atoms with Crippen LogP contribution in [0.4, 0.5) is 11.4 Å². The topological polar surface area (TPSA) is 83.6 Å². The fourth-order valence-corrected chi connectivity index (χ4v) is 7.45. The molecule has 162 valence electrons. The van der Waals surface area contributed by atoms with Crippen LogP contribution in [0.1, 0.15) is 49.7 Å². The Morgan fingerprint density at radius 2 is 1.60 bits per heavy atom. The predicted molar refractivity (Wildman–Crippen MR) is 120 cm³/mol. The number of nitrogens with zero attached hydrogens (tertiary/aromatic N) is 1. The molecular formula is C22H28N2O4S2. The molecule has 4 rings (SSSR count). The van der Waals surface area contributed by atoms with Crippen LogP contribution in [0.3, 0.4) is 0 Å². The highest BCUT2D eigenvalue weighted by Gasteiger charge is 2.30. The van der Waals surface area contributed by atoms with Crippen LogP contribution in [0.2, 0.25) is 0 Å². The summed E-state index contributed by atoms with van der Waals surface area (Å²) in [6.07, 6.45) is 5.79. The van der Waals surface area contributed by atoms with Crippen molar-refractivity contribution in [2.24, 2.45) is 0 Å². The van der Waals surface area contributed by atoms with E-state index in [0.29, 0.717) is 43.6 Å². The van der Waals surface area contributed by atoms with Gasteiger partial charge in [-0.1, -0.05) is 37.0 Å². The van der Waals surface area contributed by atoms with Crippen molar-refractivity contribution >= 4 is 31.4 Å². The summed E-state index contributed by atoms with van der Waals surface area (Å²) >= 11 is 0. The van der Waals surface area contributed by atoms with Crippen LogP contribution < -0.4 is 9.03 Å². The zero-order chi connectivity index (χ0) is 21.4. The number of rotatable bonds is 5. The van der Waals surface area contributed by atoms with Gasteiger partial charge in [0.05, 0.1) is 15.8 Å². The molecule has 1 heterocycles. The van der Waals surface area contributed by atoms with Gasteiger partial charge in [0, 0.05) is 12.2 Å². The fourth-order valence-electron chi connectivity index (χ4n) is 4.34. The minimum atomic E-state index is -3.66. The predicted octanol–water partition coefficient (Wildman–Crippen LogP) is 4.21. The van der Waals surface area contributed by atoms with Crippen LogP contribution in [-0.4, -0.2) is 28.6 Å². The van der Waals surface area contributed by atoms with Gasteiger partial charge < -0.3 is 0 Å². The number of aryl methyl sites for hydroxylation is 2. The van der Waals surface area contributed by atoms with Crippen LogP contribution in [-0.2, 0) is 26.5 Å². The van der Waals surface area contributed by atoms with E-state index in [1.165, 1.54) is 4.31 Å². The Morgan fingerprint density at radius 3 is 2.30 bits per heavy atom. The molecule has 8 heteroatoms. The Labute approximate surface area is 179 Å². The van der Waals surface area contributed by atoms with E-state index >= 15 is 0 Å². The van der Waals surface area contributed by atoms with Crippen LogP contribution in [0.15, 0.2) is 47.4 Å². The average Bonchev–Trinajstić information content (AvgIpc) is 2.74. The van der Waals surface area contributed by atoms with Crippen LogP contribution in [0.25, 0.3) is 0 Å². The molecule has 30 heavy (non-hydrogen) atoms. The normalized spacial score (nSPS) is 18.1. The molecule has 2 aliphatic rings. The smallest absolute Gasteiger partial charge is 0.264 e. The molecule has 0 aromatic heterocycles. The zero-order valence-corrected chi connectivity index (χ0v) is 18.8. The molecule has 0 amide bonds. The van der Waals surface area contributed by atoms with Gasteiger partial charge in [-0.05, 0) is 68.5 Å². The Morgan fingerprint density at radius 1 is 0.900 bits per heavy atom. The van der Waals surface area contributed by atoms with Crippen molar-refractivity contribution in [3.05, 3.63) is 53.6 Å². The lowest BCUT2D eigenvalue weighted by molar-refractivity contribution is 0.486. The van der Waals surface area contributed by atoms with E-state index in [2.05, 4.69) is 4.72 Å². The molecular weight excluding hydrogens is 420 g/mol. The maximum Gasteiger partial charge on any atom is 0.264 e. The Balaban J connectivity index is 1.60. The van der Waals surface area contributed by atoms with E-state index in [1.807, 2.05) is 6.92 Å². The molecule has 0 saturated heterocycles. The number of hydrogen-bond acceptors (Lipinski definition) is 4. The Kier molecular flexibility index (Phi) is 5.81. The largest absolute Gasteiger partial charge is 0.283 e. The van der Waals surface area contributed by atoms with Gasteiger partial charge in [-0.3, -0.25) is 9.03 Å². The summed E-state index contributed by atoms with van der Waals surface area (Å²) in [7, 11) is -7.10. The molecule has 2 aromatic carbocycles. The van der Waals surface area contributed by atoms with Crippen molar-refractivity contribution in [3.8, 4) is 0 Å². The number of fused-ring (bicyclic) bond motifs is 1. The summed E-state index contributed by atoms with van der Waals surface area (Å²) < 4.78 is 56.0. The highest BCUT2D eigenvalue weighted by Crippen LogP contribution is 2.34. The van der Waals surface area contributed by atoms with Crippen molar-refractivity contribution in [1.29, 1.82) is 0 Å². The minimum absolute atomic E-state index is 0.267. The SMILES string of the molecule is Cc1ccc(S(=O)(=O)N2CCCc3cc(NS(=O)(=O)C4CCCCC4)ccc32)cc1. The maximum absolute atomic E-state index is 13.2. The van der Waals surface area contributed by atoms with Crippen LogP contribution in [0.5, 0.6) is 0 Å². The third kappa shape index (κ3) is 4.21. The second kappa shape index (κ2) is 8.23. The standard InChI is InChI=1S/C22H28N2O4S2/c1-17-9-12-21(13-10-17)30(27,28)24-15-5-6-18-16-19(11-14-22(18)24)23-29(25,26)20-7-3-2-4-8-20/h9-14,16,20,23H,2-8,15H2,1H3. The lowest BCUT2D eigenvalue weighted by atomic mass is 10.0. The van der Waals surface area contributed by atoms with E-state index in [0.717, 1.165) is 30.4 Å². The van der Waals surface area contributed by atoms with Crippen molar-refractivity contribution < 1.29 is 16.8 Å². The first-order valence-electron chi connectivity index (χ1n) is 10.5. The second-order valence-electron chi connectivity index (χ2n) is 8.24. The molecule has 1 aliphatic carbocycles. The summed E-state index contributed by atoms with van der Waals surface area (Å²) in [5.74, 6) is 0. The molecule has 0 radical (unpaired) electrons. The van der Waals surface area contributed by atoms with E-state index in [-0.39, 0.29) is 10.1 Å². The van der Waals surface area contributed by atoms with E-state index in [4.69, 9.17) is 0 Å². The van der Waals surface area contributed by atoms with Gasteiger partial charge in [0.1, 0.15) is 0 Å². The number of nitrogens with one attached hydrogen (secondary N) is 1. The summed E-state index contributed by atoms with van der Waals surface area (Å²) in [6.45, 7) is 2.33. The quantitative estimate of drug-likeness (QED) is 0.743.